The van der Waals surface area contributed by atoms with Crippen molar-refractivity contribution in [2.45, 2.75) is 26.5 Å². The van der Waals surface area contributed by atoms with Crippen molar-refractivity contribution >= 4 is 0 Å². The molecule has 0 spiro atoms. The summed E-state index contributed by atoms with van der Waals surface area (Å²) in [7, 11) is 0. The molecule has 0 fully saturated rings. The van der Waals surface area contributed by atoms with E-state index >= 15 is 0 Å². The Balaban J connectivity index is 2.67. The number of hydrogen-bond acceptors (Lipinski definition) is 4. The molecule has 0 aliphatic rings. The van der Waals surface area contributed by atoms with Crippen LogP contribution < -0.4 is 5.73 Å². The van der Waals surface area contributed by atoms with E-state index in [4.69, 9.17) is 10.5 Å². The van der Waals surface area contributed by atoms with Gasteiger partial charge < -0.3 is 10.5 Å². The fourth-order valence-corrected chi connectivity index (χ4v) is 1.00. The summed E-state index contributed by atoms with van der Waals surface area (Å²) in [5.41, 5.74) is 6.36. The Hall–Kier alpha value is -1.00. The highest BCUT2D eigenvalue weighted by Gasteiger charge is 2.06. The van der Waals surface area contributed by atoms with Gasteiger partial charge in [-0.3, -0.25) is 0 Å². The van der Waals surface area contributed by atoms with Gasteiger partial charge in [-0.2, -0.15) is 0 Å². The molecule has 0 saturated heterocycles. The minimum absolute atomic E-state index is 0.0446. The van der Waals surface area contributed by atoms with Gasteiger partial charge in [-0.25, -0.2) is 9.97 Å². The Morgan fingerprint density at radius 2 is 2.08 bits per heavy atom. The van der Waals surface area contributed by atoms with Gasteiger partial charge in [-0.15, -0.1) is 0 Å². The van der Waals surface area contributed by atoms with Crippen LogP contribution in [0.15, 0.2) is 12.4 Å². The van der Waals surface area contributed by atoms with E-state index in [1.807, 2.05) is 13.8 Å². The Morgan fingerprint density at radius 3 is 2.54 bits per heavy atom. The zero-order chi connectivity index (χ0) is 9.68. The lowest BCUT2D eigenvalue weighted by molar-refractivity contribution is 0.0700. The van der Waals surface area contributed by atoms with Crippen LogP contribution in [0.3, 0.4) is 0 Å². The maximum Gasteiger partial charge on any atom is 0.156 e. The fraction of sp³-hybridized carbons (Fsp3) is 0.556. The molecule has 72 valence electrons. The van der Waals surface area contributed by atoms with Crippen molar-refractivity contribution in [3.05, 3.63) is 23.8 Å². The van der Waals surface area contributed by atoms with Gasteiger partial charge in [0.05, 0.1) is 0 Å². The second kappa shape index (κ2) is 4.89. The summed E-state index contributed by atoms with van der Waals surface area (Å²) >= 11 is 0. The van der Waals surface area contributed by atoms with Crippen LogP contribution in [0.4, 0.5) is 0 Å². The first-order chi connectivity index (χ1) is 6.27. The monoisotopic (exact) mass is 181 g/mol. The van der Waals surface area contributed by atoms with Gasteiger partial charge >= 0.3 is 0 Å². The Morgan fingerprint density at radius 1 is 1.46 bits per heavy atom. The molecule has 1 heterocycles. The molecule has 1 aromatic heterocycles. The predicted octanol–water partition coefficient (Wildman–Crippen LogP) is 1.03. The molecule has 0 saturated carbocycles. The van der Waals surface area contributed by atoms with Crippen LogP contribution in [-0.2, 0) is 11.3 Å². The number of nitrogens with two attached hydrogens (primary N) is 1. The van der Waals surface area contributed by atoms with E-state index in [1.54, 1.807) is 12.4 Å². The molecule has 1 atom stereocenters. The molecule has 1 aromatic rings. The number of aromatic nitrogens is 2. The number of nitrogens with zero attached hydrogens (tertiary/aromatic N) is 2. The van der Waals surface area contributed by atoms with Gasteiger partial charge in [0.15, 0.2) is 5.82 Å². The van der Waals surface area contributed by atoms with E-state index in [9.17, 15) is 0 Å². The fourth-order valence-electron chi connectivity index (χ4n) is 1.00. The molecule has 1 unspecified atom stereocenters. The van der Waals surface area contributed by atoms with Crippen LogP contribution in [0.5, 0.6) is 0 Å². The normalized spacial score (nSPS) is 12.8. The first kappa shape index (κ1) is 10.1. The summed E-state index contributed by atoms with van der Waals surface area (Å²) in [6.07, 6.45) is 3.42. The van der Waals surface area contributed by atoms with Crippen molar-refractivity contribution in [2.24, 2.45) is 5.73 Å². The lowest BCUT2D eigenvalue weighted by Crippen LogP contribution is -2.06. The van der Waals surface area contributed by atoms with Crippen molar-refractivity contribution in [1.82, 2.24) is 9.97 Å². The molecule has 1 rings (SSSR count). The quantitative estimate of drug-likeness (QED) is 0.753. The summed E-state index contributed by atoms with van der Waals surface area (Å²) in [4.78, 5) is 8.30. The third-order valence-electron chi connectivity index (χ3n) is 1.74. The predicted molar refractivity (Wildman–Crippen MR) is 50.0 cm³/mol. The van der Waals surface area contributed by atoms with Crippen molar-refractivity contribution in [1.29, 1.82) is 0 Å². The van der Waals surface area contributed by atoms with E-state index in [2.05, 4.69) is 9.97 Å². The lowest BCUT2D eigenvalue weighted by Gasteiger charge is -2.09. The molecule has 0 bridgehead atoms. The van der Waals surface area contributed by atoms with E-state index in [-0.39, 0.29) is 6.10 Å². The molecule has 2 N–H and O–H groups in total. The minimum Gasteiger partial charge on any atom is -0.371 e. The van der Waals surface area contributed by atoms with Crippen molar-refractivity contribution < 1.29 is 4.74 Å². The number of rotatable bonds is 4. The van der Waals surface area contributed by atoms with Crippen LogP contribution in [-0.4, -0.2) is 16.6 Å². The summed E-state index contributed by atoms with van der Waals surface area (Å²) in [5, 5.41) is 0. The third-order valence-corrected chi connectivity index (χ3v) is 1.74. The molecular weight excluding hydrogens is 166 g/mol. The van der Waals surface area contributed by atoms with Crippen LogP contribution in [0.1, 0.15) is 31.3 Å². The molecular formula is C9H15N3O. The molecule has 0 aliphatic heterocycles. The average Bonchev–Trinajstić information content (AvgIpc) is 2.18. The smallest absolute Gasteiger partial charge is 0.156 e. The summed E-state index contributed by atoms with van der Waals surface area (Å²) in [6.45, 7) is 5.03. The van der Waals surface area contributed by atoms with Crippen LogP contribution in [0.2, 0.25) is 0 Å². The first-order valence-electron chi connectivity index (χ1n) is 4.40. The van der Waals surface area contributed by atoms with Crippen molar-refractivity contribution in [3.63, 3.8) is 0 Å². The van der Waals surface area contributed by atoms with E-state index < -0.39 is 0 Å². The number of hydrogen-bond donors (Lipinski definition) is 1. The molecule has 0 aliphatic carbocycles. The highest BCUT2D eigenvalue weighted by Crippen LogP contribution is 2.10. The Bertz CT molecular complexity index is 248. The molecule has 0 radical (unpaired) electrons. The van der Waals surface area contributed by atoms with Gasteiger partial charge in [0.1, 0.15) is 6.10 Å². The van der Waals surface area contributed by atoms with Gasteiger partial charge in [0.25, 0.3) is 0 Å². The van der Waals surface area contributed by atoms with E-state index in [0.717, 1.165) is 5.56 Å². The van der Waals surface area contributed by atoms with Gasteiger partial charge in [-0.1, -0.05) is 0 Å². The molecule has 0 amide bonds. The van der Waals surface area contributed by atoms with Gasteiger partial charge in [0, 0.05) is 31.1 Å². The van der Waals surface area contributed by atoms with E-state index in [0.29, 0.717) is 19.0 Å². The maximum absolute atomic E-state index is 5.42. The summed E-state index contributed by atoms with van der Waals surface area (Å²) in [5.74, 6) is 0.707. The maximum atomic E-state index is 5.42. The Kier molecular flexibility index (Phi) is 3.79. The third kappa shape index (κ3) is 2.75. The second-order valence-electron chi connectivity index (χ2n) is 2.75. The zero-order valence-corrected chi connectivity index (χ0v) is 8.03. The standard InChI is InChI=1S/C9H15N3O/c1-3-13-7(2)9-11-5-8(4-10)6-12-9/h5-7H,3-4,10H2,1-2H3. The van der Waals surface area contributed by atoms with Crippen molar-refractivity contribution in [2.75, 3.05) is 6.61 Å². The van der Waals surface area contributed by atoms with Crippen LogP contribution in [0, 0.1) is 0 Å². The van der Waals surface area contributed by atoms with Gasteiger partial charge in [0.2, 0.25) is 0 Å². The minimum atomic E-state index is -0.0446. The first-order valence-corrected chi connectivity index (χ1v) is 4.40. The SMILES string of the molecule is CCOC(C)c1ncc(CN)cn1. The van der Waals surface area contributed by atoms with E-state index in [1.165, 1.54) is 0 Å². The topological polar surface area (TPSA) is 61.0 Å². The van der Waals surface area contributed by atoms with Crippen molar-refractivity contribution in [3.8, 4) is 0 Å². The second-order valence-corrected chi connectivity index (χ2v) is 2.75. The zero-order valence-electron chi connectivity index (χ0n) is 8.03. The average molecular weight is 181 g/mol. The summed E-state index contributed by atoms with van der Waals surface area (Å²) in [6, 6.07) is 0. The van der Waals surface area contributed by atoms with Crippen LogP contribution >= 0.6 is 0 Å². The summed E-state index contributed by atoms with van der Waals surface area (Å²) < 4.78 is 5.35. The molecule has 0 aromatic carbocycles. The number of ether oxygens (including phenoxy) is 1. The Labute approximate surface area is 78.1 Å². The lowest BCUT2D eigenvalue weighted by atomic mass is 10.3. The van der Waals surface area contributed by atoms with Gasteiger partial charge in [-0.05, 0) is 13.8 Å². The molecule has 13 heavy (non-hydrogen) atoms. The molecule has 4 heteroatoms. The highest BCUT2D eigenvalue weighted by atomic mass is 16.5. The highest BCUT2D eigenvalue weighted by molar-refractivity contribution is 5.05. The van der Waals surface area contributed by atoms with Crippen LogP contribution in [0.25, 0.3) is 0 Å². The largest absolute Gasteiger partial charge is 0.371 e. The molecule has 4 nitrogen and oxygen atoms in total.